The van der Waals surface area contributed by atoms with Gasteiger partial charge in [0.2, 0.25) is 0 Å². The monoisotopic (exact) mass is 1020 g/mol. The fraction of sp³-hybridized carbons (Fsp3) is 0.825. The molecule has 11 unspecified atom stereocenters. The maximum Gasteiger partial charge on any atom is 0.306 e. The fourth-order valence-electron chi connectivity index (χ4n) is 8.70. The lowest BCUT2D eigenvalue weighted by Crippen LogP contribution is -2.61. The average Bonchev–Trinajstić information content (AvgIpc) is 3.37. The SMILES string of the molecule is CC/C=C\C/C=C\C/C=C\CCCCCCCCCC(=O)OC(COC(=O)CCCCCCCCCCC/C=C\CCCCCCCC)COC1OC(COC2OC(CO)C(O)C(O)C2O)C(O)C(O)C1O. The van der Waals surface area contributed by atoms with E-state index in [1.807, 2.05) is 0 Å². The summed E-state index contributed by atoms with van der Waals surface area (Å²) in [6.07, 6.45) is 32.7. The van der Waals surface area contributed by atoms with Crippen molar-refractivity contribution in [3.63, 3.8) is 0 Å². The van der Waals surface area contributed by atoms with Crippen LogP contribution in [0.15, 0.2) is 48.6 Å². The van der Waals surface area contributed by atoms with Gasteiger partial charge in [-0.1, -0.05) is 172 Å². The zero-order valence-corrected chi connectivity index (χ0v) is 44.4. The van der Waals surface area contributed by atoms with Gasteiger partial charge in [-0.3, -0.25) is 9.59 Å². The molecule has 2 heterocycles. The van der Waals surface area contributed by atoms with Crippen molar-refractivity contribution < 1.29 is 73.8 Å². The van der Waals surface area contributed by atoms with Gasteiger partial charge in [0.1, 0.15) is 55.4 Å². The molecule has 0 radical (unpaired) electrons. The van der Waals surface area contributed by atoms with Crippen LogP contribution in [0.5, 0.6) is 0 Å². The summed E-state index contributed by atoms with van der Waals surface area (Å²) in [4.78, 5) is 25.9. The molecule has 0 bridgehead atoms. The maximum atomic E-state index is 13.0. The Balaban J connectivity index is 1.77. The average molecular weight is 1030 g/mol. The smallest absolute Gasteiger partial charge is 0.306 e. The van der Waals surface area contributed by atoms with E-state index < -0.39 is 92.7 Å². The summed E-state index contributed by atoms with van der Waals surface area (Å²) < 4.78 is 33.7. The molecule has 11 atom stereocenters. The molecule has 72 heavy (non-hydrogen) atoms. The minimum absolute atomic E-state index is 0.153. The van der Waals surface area contributed by atoms with Crippen molar-refractivity contribution in [2.75, 3.05) is 26.4 Å². The van der Waals surface area contributed by atoms with Crippen molar-refractivity contribution in [3.8, 4) is 0 Å². The molecule has 0 aromatic carbocycles. The molecule has 15 nitrogen and oxygen atoms in total. The van der Waals surface area contributed by atoms with Gasteiger partial charge < -0.3 is 64.2 Å². The molecular formula is C57H100O15. The predicted octanol–water partition coefficient (Wildman–Crippen LogP) is 9.05. The first-order chi connectivity index (χ1) is 35.0. The largest absolute Gasteiger partial charge is 0.462 e. The van der Waals surface area contributed by atoms with E-state index in [0.29, 0.717) is 12.8 Å². The lowest BCUT2D eigenvalue weighted by atomic mass is 9.98. The van der Waals surface area contributed by atoms with Crippen LogP contribution in [-0.2, 0) is 38.0 Å². The molecule has 2 fully saturated rings. The Labute approximate surface area is 433 Å². The van der Waals surface area contributed by atoms with Crippen LogP contribution in [0.3, 0.4) is 0 Å². The summed E-state index contributed by atoms with van der Waals surface area (Å²) in [5.41, 5.74) is 0. The number of carbonyl (C=O) groups excluding carboxylic acids is 2. The van der Waals surface area contributed by atoms with Gasteiger partial charge in [0, 0.05) is 12.8 Å². The molecule has 2 aliphatic heterocycles. The Morgan fingerprint density at radius 3 is 1.39 bits per heavy atom. The van der Waals surface area contributed by atoms with Crippen molar-refractivity contribution >= 4 is 11.9 Å². The Morgan fingerprint density at radius 2 is 0.875 bits per heavy atom. The number of unbranched alkanes of at least 4 members (excludes halogenated alkanes) is 22. The van der Waals surface area contributed by atoms with Crippen molar-refractivity contribution in [3.05, 3.63) is 48.6 Å². The molecule has 0 aromatic rings. The lowest BCUT2D eigenvalue weighted by Gasteiger charge is -2.42. The van der Waals surface area contributed by atoms with E-state index in [9.17, 15) is 45.3 Å². The van der Waals surface area contributed by atoms with Gasteiger partial charge in [0.15, 0.2) is 18.7 Å². The van der Waals surface area contributed by atoms with Gasteiger partial charge in [-0.25, -0.2) is 0 Å². The van der Waals surface area contributed by atoms with E-state index in [1.54, 1.807) is 0 Å². The molecule has 7 N–H and O–H groups in total. The van der Waals surface area contributed by atoms with E-state index in [4.69, 9.17) is 28.4 Å². The van der Waals surface area contributed by atoms with Crippen molar-refractivity contribution in [1.82, 2.24) is 0 Å². The molecular weight excluding hydrogens is 925 g/mol. The van der Waals surface area contributed by atoms with Crippen LogP contribution in [0.4, 0.5) is 0 Å². The molecule has 0 aromatic heterocycles. The first-order valence-electron chi connectivity index (χ1n) is 28.2. The third-order valence-corrected chi connectivity index (χ3v) is 13.3. The zero-order chi connectivity index (χ0) is 52.4. The highest BCUT2D eigenvalue weighted by molar-refractivity contribution is 5.70. The van der Waals surface area contributed by atoms with Crippen LogP contribution in [0.25, 0.3) is 0 Å². The summed E-state index contributed by atoms with van der Waals surface area (Å²) in [6, 6.07) is 0. The number of esters is 2. The van der Waals surface area contributed by atoms with E-state index in [-0.39, 0.29) is 26.1 Å². The minimum atomic E-state index is -1.77. The van der Waals surface area contributed by atoms with Crippen LogP contribution >= 0.6 is 0 Å². The number of rotatable bonds is 44. The molecule has 2 aliphatic rings. The highest BCUT2D eigenvalue weighted by atomic mass is 16.7. The van der Waals surface area contributed by atoms with Crippen LogP contribution < -0.4 is 0 Å². The Morgan fingerprint density at radius 1 is 0.458 bits per heavy atom. The normalized spacial score (nSPS) is 25.3. The third-order valence-electron chi connectivity index (χ3n) is 13.3. The van der Waals surface area contributed by atoms with Crippen molar-refractivity contribution in [1.29, 1.82) is 0 Å². The Kier molecular flexibility index (Phi) is 39.8. The molecule has 418 valence electrons. The van der Waals surface area contributed by atoms with Crippen LogP contribution in [0.2, 0.25) is 0 Å². The van der Waals surface area contributed by atoms with Gasteiger partial charge in [0.25, 0.3) is 0 Å². The molecule has 0 spiro atoms. The van der Waals surface area contributed by atoms with Gasteiger partial charge in [0.05, 0.1) is 19.8 Å². The number of allylic oxidation sites excluding steroid dienone is 8. The first kappa shape index (κ1) is 65.6. The number of ether oxygens (including phenoxy) is 6. The Hall–Kier alpha value is -2.54. The van der Waals surface area contributed by atoms with Gasteiger partial charge in [-0.05, 0) is 70.6 Å². The standard InChI is InChI=1S/C57H100O15/c1-3-5-7-9-11-13-15-17-19-21-22-24-25-27-29-31-33-35-37-39-48(59)67-42-45(70-49(60)40-38-36-34-32-30-28-26-23-20-18-16-14-12-10-8-6-4-2)43-68-56-55(66)53(64)51(62)47(72-56)44-69-57-54(65)52(63)50(61)46(41-58)71-57/h6,8,12,14,17-20,45-47,50-58,61-66H,3-5,7,9-11,13,15-16,21-44H2,1-2H3/b8-6-,14-12-,19-17-,20-18-. The second-order valence-electron chi connectivity index (χ2n) is 19.7. The molecule has 0 saturated carbocycles. The molecule has 0 amide bonds. The number of aliphatic hydroxyl groups excluding tert-OH is 7. The number of hydrogen-bond acceptors (Lipinski definition) is 15. The second kappa shape index (κ2) is 43.7. The van der Waals surface area contributed by atoms with Crippen LogP contribution in [0, 0.1) is 0 Å². The highest BCUT2D eigenvalue weighted by Crippen LogP contribution is 2.27. The summed E-state index contributed by atoms with van der Waals surface area (Å²) in [5, 5.41) is 72.2. The van der Waals surface area contributed by atoms with Crippen LogP contribution in [-0.4, -0.2) is 142 Å². The second-order valence-corrected chi connectivity index (χ2v) is 19.7. The fourth-order valence-corrected chi connectivity index (χ4v) is 8.70. The quantitative estimate of drug-likeness (QED) is 0.0171. The first-order valence-corrected chi connectivity index (χ1v) is 28.2. The number of hydrogen-bond donors (Lipinski definition) is 7. The molecule has 15 heteroatoms. The third kappa shape index (κ3) is 30.7. The molecule has 2 saturated heterocycles. The Bertz CT molecular complexity index is 1440. The van der Waals surface area contributed by atoms with Crippen molar-refractivity contribution in [2.45, 2.75) is 274 Å². The molecule has 0 aliphatic carbocycles. The van der Waals surface area contributed by atoms with Gasteiger partial charge in [-0.2, -0.15) is 0 Å². The summed E-state index contributed by atoms with van der Waals surface area (Å²) in [6.45, 7) is 2.48. The maximum absolute atomic E-state index is 13.0. The lowest BCUT2D eigenvalue weighted by molar-refractivity contribution is -0.332. The summed E-state index contributed by atoms with van der Waals surface area (Å²) in [5.74, 6) is -0.935. The predicted molar refractivity (Wildman–Crippen MR) is 280 cm³/mol. The van der Waals surface area contributed by atoms with Gasteiger partial charge in [-0.15, -0.1) is 0 Å². The minimum Gasteiger partial charge on any atom is -0.462 e. The van der Waals surface area contributed by atoms with E-state index in [0.717, 1.165) is 83.5 Å². The van der Waals surface area contributed by atoms with E-state index in [2.05, 4.69) is 62.5 Å². The van der Waals surface area contributed by atoms with Crippen LogP contribution in [0.1, 0.15) is 206 Å². The number of aliphatic hydroxyl groups is 7. The highest BCUT2D eigenvalue weighted by Gasteiger charge is 2.47. The topological polar surface area (TPSA) is 231 Å². The zero-order valence-electron chi connectivity index (χ0n) is 44.4. The van der Waals surface area contributed by atoms with Crippen molar-refractivity contribution in [2.24, 2.45) is 0 Å². The number of carbonyl (C=O) groups is 2. The summed E-state index contributed by atoms with van der Waals surface area (Å²) in [7, 11) is 0. The van der Waals surface area contributed by atoms with Gasteiger partial charge >= 0.3 is 11.9 Å². The summed E-state index contributed by atoms with van der Waals surface area (Å²) >= 11 is 0. The van der Waals surface area contributed by atoms with E-state index in [1.165, 1.54) is 83.5 Å². The van der Waals surface area contributed by atoms with E-state index >= 15 is 0 Å². The molecule has 2 rings (SSSR count).